The second-order valence-electron chi connectivity index (χ2n) is 5.48. The van der Waals surface area contributed by atoms with Gasteiger partial charge in [-0.2, -0.15) is 0 Å². The zero-order valence-corrected chi connectivity index (χ0v) is 12.6. The summed E-state index contributed by atoms with van der Waals surface area (Å²) in [5.41, 5.74) is 1.75. The first-order valence-corrected chi connectivity index (χ1v) is 8.03. The molecule has 0 radical (unpaired) electrons. The Morgan fingerprint density at radius 1 is 1.20 bits per heavy atom. The Morgan fingerprint density at radius 2 is 1.80 bits per heavy atom. The summed E-state index contributed by atoms with van der Waals surface area (Å²) in [6.07, 6.45) is 0.926. The molecule has 1 unspecified atom stereocenters. The molecule has 1 aromatic rings. The number of aryl methyl sites for hydroxylation is 1. The van der Waals surface area contributed by atoms with Crippen LogP contribution in [0.15, 0.2) is 41.3 Å². The fraction of sp³-hybridized carbons (Fsp3) is 0.400. The van der Waals surface area contributed by atoms with Crippen molar-refractivity contribution in [2.45, 2.75) is 31.6 Å². The molecule has 1 aromatic carbocycles. The molecule has 1 heterocycles. The van der Waals surface area contributed by atoms with Crippen molar-refractivity contribution in [3.8, 4) is 0 Å². The molecule has 1 atom stereocenters. The topological polar surface area (TPSA) is 54.5 Å². The number of carbonyl (C=O) groups is 1. The summed E-state index contributed by atoms with van der Waals surface area (Å²) >= 11 is 0. The first kappa shape index (κ1) is 14.8. The van der Waals surface area contributed by atoms with E-state index in [0.29, 0.717) is 6.42 Å². The van der Waals surface area contributed by atoms with Gasteiger partial charge >= 0.3 is 0 Å². The monoisotopic (exact) mass is 293 g/mol. The number of hydrogen-bond donors (Lipinski definition) is 0. The van der Waals surface area contributed by atoms with Crippen LogP contribution < -0.4 is 0 Å². The van der Waals surface area contributed by atoms with E-state index in [1.165, 1.54) is 12.1 Å². The van der Waals surface area contributed by atoms with E-state index in [4.69, 9.17) is 0 Å². The second-order valence-corrected chi connectivity index (χ2v) is 7.34. The van der Waals surface area contributed by atoms with Gasteiger partial charge < -0.3 is 0 Å². The standard InChI is InChI=1S/C15H19NO3S/c1-11-4-6-14(7-5-11)20(18,19)16-10-13(3)8-12(2)9-15(16)17/h4-7,12H,3,8-10H2,1-2H3. The van der Waals surface area contributed by atoms with Crippen LogP contribution in [-0.4, -0.2) is 25.2 Å². The van der Waals surface area contributed by atoms with Gasteiger partial charge in [0, 0.05) is 6.42 Å². The number of nitrogens with zero attached hydrogens (tertiary/aromatic N) is 1. The van der Waals surface area contributed by atoms with Crippen LogP contribution in [0.3, 0.4) is 0 Å². The molecule has 108 valence electrons. The van der Waals surface area contributed by atoms with E-state index in [1.54, 1.807) is 12.1 Å². The minimum absolute atomic E-state index is 0.0827. The van der Waals surface area contributed by atoms with Gasteiger partial charge in [0.25, 0.3) is 10.0 Å². The van der Waals surface area contributed by atoms with E-state index in [2.05, 4.69) is 6.58 Å². The molecule has 0 spiro atoms. The maximum Gasteiger partial charge on any atom is 0.266 e. The van der Waals surface area contributed by atoms with Crippen molar-refractivity contribution >= 4 is 15.9 Å². The van der Waals surface area contributed by atoms with Gasteiger partial charge in [0.05, 0.1) is 11.4 Å². The third kappa shape index (κ3) is 2.93. The van der Waals surface area contributed by atoms with Crippen LogP contribution in [0.4, 0.5) is 0 Å². The minimum atomic E-state index is -3.78. The lowest BCUT2D eigenvalue weighted by molar-refractivity contribution is -0.126. The fourth-order valence-corrected chi connectivity index (χ4v) is 3.81. The minimum Gasteiger partial charge on any atom is -0.274 e. The number of rotatable bonds is 2. The van der Waals surface area contributed by atoms with Gasteiger partial charge in [0.1, 0.15) is 0 Å². The van der Waals surface area contributed by atoms with Crippen LogP contribution >= 0.6 is 0 Å². The number of amides is 1. The highest BCUT2D eigenvalue weighted by molar-refractivity contribution is 7.89. The van der Waals surface area contributed by atoms with Gasteiger partial charge in [0.15, 0.2) is 0 Å². The normalized spacial score (nSPS) is 20.9. The molecule has 1 fully saturated rings. The van der Waals surface area contributed by atoms with E-state index in [-0.39, 0.29) is 29.7 Å². The lowest BCUT2D eigenvalue weighted by Crippen LogP contribution is -2.37. The largest absolute Gasteiger partial charge is 0.274 e. The third-order valence-corrected chi connectivity index (χ3v) is 5.20. The quantitative estimate of drug-likeness (QED) is 0.787. The molecule has 2 rings (SSSR count). The van der Waals surface area contributed by atoms with Gasteiger partial charge in [-0.15, -0.1) is 0 Å². The molecule has 0 aliphatic carbocycles. The summed E-state index contributed by atoms with van der Waals surface area (Å²) in [5, 5.41) is 0. The van der Waals surface area contributed by atoms with Crippen LogP contribution in [0.1, 0.15) is 25.3 Å². The Morgan fingerprint density at radius 3 is 2.40 bits per heavy atom. The van der Waals surface area contributed by atoms with Crippen molar-refractivity contribution in [2.75, 3.05) is 6.54 Å². The fourth-order valence-electron chi connectivity index (χ4n) is 2.38. The Kier molecular flexibility index (Phi) is 3.99. The summed E-state index contributed by atoms with van der Waals surface area (Å²) in [5.74, 6) is -0.218. The molecule has 1 aliphatic rings. The van der Waals surface area contributed by atoms with Crippen molar-refractivity contribution in [3.05, 3.63) is 42.0 Å². The average Bonchev–Trinajstić information content (AvgIpc) is 2.48. The smallest absolute Gasteiger partial charge is 0.266 e. The molecular formula is C15H19NO3S. The highest BCUT2D eigenvalue weighted by Crippen LogP contribution is 2.26. The maximum absolute atomic E-state index is 12.6. The molecule has 5 heteroatoms. The van der Waals surface area contributed by atoms with Gasteiger partial charge in [0.2, 0.25) is 5.91 Å². The first-order chi connectivity index (χ1) is 9.30. The molecule has 0 aromatic heterocycles. The third-order valence-electron chi connectivity index (χ3n) is 3.41. The number of sulfonamides is 1. The molecule has 0 bridgehead atoms. The first-order valence-electron chi connectivity index (χ1n) is 6.59. The Balaban J connectivity index is 2.39. The highest BCUT2D eigenvalue weighted by Gasteiger charge is 2.32. The molecule has 1 amide bonds. The molecule has 1 saturated heterocycles. The van der Waals surface area contributed by atoms with Crippen LogP contribution in [0.2, 0.25) is 0 Å². The molecule has 4 nitrogen and oxygen atoms in total. The Labute approximate surface area is 120 Å². The molecule has 20 heavy (non-hydrogen) atoms. The average molecular weight is 293 g/mol. The van der Waals surface area contributed by atoms with E-state index in [1.807, 2.05) is 13.8 Å². The Hall–Kier alpha value is -1.62. The van der Waals surface area contributed by atoms with E-state index >= 15 is 0 Å². The molecule has 0 N–H and O–H groups in total. The summed E-state index contributed by atoms with van der Waals surface area (Å²) < 4.78 is 26.1. The molecule has 0 saturated carbocycles. The number of benzene rings is 1. The van der Waals surface area contributed by atoms with Crippen molar-refractivity contribution < 1.29 is 13.2 Å². The van der Waals surface area contributed by atoms with Gasteiger partial charge in [-0.25, -0.2) is 12.7 Å². The van der Waals surface area contributed by atoms with Gasteiger partial charge in [-0.05, 0) is 31.4 Å². The summed E-state index contributed by atoms with van der Waals surface area (Å²) in [6.45, 7) is 7.78. The van der Waals surface area contributed by atoms with E-state index in [9.17, 15) is 13.2 Å². The Bertz CT molecular complexity index is 632. The van der Waals surface area contributed by atoms with Crippen molar-refractivity contribution in [1.82, 2.24) is 4.31 Å². The predicted octanol–water partition coefficient (Wildman–Crippen LogP) is 2.50. The zero-order chi connectivity index (χ0) is 14.9. The summed E-state index contributed by atoms with van der Waals surface area (Å²) in [6, 6.07) is 6.53. The predicted molar refractivity (Wildman–Crippen MR) is 77.6 cm³/mol. The van der Waals surface area contributed by atoms with Crippen LogP contribution in [-0.2, 0) is 14.8 Å². The molecule has 1 aliphatic heterocycles. The van der Waals surface area contributed by atoms with Crippen LogP contribution in [0.25, 0.3) is 0 Å². The lowest BCUT2D eigenvalue weighted by Gasteiger charge is -2.21. The lowest BCUT2D eigenvalue weighted by atomic mass is 10.0. The second kappa shape index (κ2) is 5.40. The number of carbonyl (C=O) groups excluding carboxylic acids is 1. The van der Waals surface area contributed by atoms with E-state index < -0.39 is 10.0 Å². The highest BCUT2D eigenvalue weighted by atomic mass is 32.2. The molecular weight excluding hydrogens is 274 g/mol. The van der Waals surface area contributed by atoms with Crippen LogP contribution in [0.5, 0.6) is 0 Å². The summed E-state index contributed by atoms with van der Waals surface area (Å²) in [4.78, 5) is 12.3. The van der Waals surface area contributed by atoms with Crippen LogP contribution in [0, 0.1) is 12.8 Å². The van der Waals surface area contributed by atoms with Crippen molar-refractivity contribution in [2.24, 2.45) is 5.92 Å². The van der Waals surface area contributed by atoms with Crippen molar-refractivity contribution in [3.63, 3.8) is 0 Å². The van der Waals surface area contributed by atoms with Gasteiger partial charge in [-0.3, -0.25) is 4.79 Å². The van der Waals surface area contributed by atoms with Crippen molar-refractivity contribution in [1.29, 1.82) is 0 Å². The maximum atomic E-state index is 12.6. The summed E-state index contributed by atoms with van der Waals surface area (Å²) in [7, 11) is -3.78. The number of hydrogen-bond acceptors (Lipinski definition) is 3. The SMILES string of the molecule is C=C1CC(C)CC(=O)N(S(=O)(=O)c2ccc(C)cc2)C1. The zero-order valence-electron chi connectivity index (χ0n) is 11.8. The van der Waals surface area contributed by atoms with E-state index in [0.717, 1.165) is 15.4 Å². The van der Waals surface area contributed by atoms with Gasteiger partial charge in [-0.1, -0.05) is 36.8 Å².